The smallest absolute Gasteiger partial charge is 0.352 e. The molecule has 10 heteroatoms. The molecule has 0 bridgehead atoms. The normalized spacial score (nSPS) is 14.5. The molecule has 0 spiro atoms. The fraction of sp³-hybridized carbons (Fsp3) is 0.304. The summed E-state index contributed by atoms with van der Waals surface area (Å²) in [4.78, 5) is 29.5. The summed E-state index contributed by atoms with van der Waals surface area (Å²) in [6.07, 6.45) is -0.312. The monoisotopic (exact) mass is 457 g/mol. The molecule has 7 nitrogen and oxygen atoms in total. The summed E-state index contributed by atoms with van der Waals surface area (Å²) in [5.74, 6) is -0.617. The van der Waals surface area contributed by atoms with Gasteiger partial charge in [-0.15, -0.1) is 0 Å². The van der Waals surface area contributed by atoms with Gasteiger partial charge in [0.25, 0.3) is 5.91 Å². The van der Waals surface area contributed by atoms with Crippen LogP contribution in [0, 0.1) is 6.92 Å². The molecular weight excluding hydrogens is 435 g/mol. The summed E-state index contributed by atoms with van der Waals surface area (Å²) in [6, 6.07) is 10.8. The molecule has 0 aliphatic heterocycles. The lowest BCUT2D eigenvalue weighted by molar-refractivity contribution is -0.137. The molecular formula is C23H22F3N5O2. The van der Waals surface area contributed by atoms with E-state index in [1.165, 1.54) is 16.9 Å². The van der Waals surface area contributed by atoms with Crippen LogP contribution in [-0.4, -0.2) is 38.7 Å². The van der Waals surface area contributed by atoms with Crippen molar-refractivity contribution in [3.63, 3.8) is 0 Å². The van der Waals surface area contributed by atoms with Crippen molar-refractivity contribution in [1.29, 1.82) is 0 Å². The van der Waals surface area contributed by atoms with Gasteiger partial charge in [-0.3, -0.25) is 9.59 Å². The lowest BCUT2D eigenvalue weighted by atomic mass is 10.0. The first-order chi connectivity index (χ1) is 15.7. The number of amides is 2. The van der Waals surface area contributed by atoms with Crippen LogP contribution in [0.2, 0.25) is 0 Å². The van der Waals surface area contributed by atoms with Crippen molar-refractivity contribution < 1.29 is 22.8 Å². The highest BCUT2D eigenvalue weighted by atomic mass is 19.4. The van der Waals surface area contributed by atoms with Crippen LogP contribution in [0.25, 0.3) is 5.82 Å². The van der Waals surface area contributed by atoms with Gasteiger partial charge in [-0.2, -0.15) is 18.3 Å². The van der Waals surface area contributed by atoms with Gasteiger partial charge in [0.05, 0.1) is 23.0 Å². The Kier molecular flexibility index (Phi) is 6.17. The van der Waals surface area contributed by atoms with Crippen molar-refractivity contribution >= 4 is 11.8 Å². The number of hydrogen-bond donors (Lipinski definition) is 2. The Morgan fingerprint density at radius 2 is 1.85 bits per heavy atom. The minimum atomic E-state index is -4.50. The lowest BCUT2D eigenvalue weighted by Gasteiger charge is -2.18. The molecule has 2 amide bonds. The first kappa shape index (κ1) is 22.5. The van der Waals surface area contributed by atoms with Crippen LogP contribution in [0.4, 0.5) is 13.2 Å². The Balaban J connectivity index is 1.52. The molecule has 1 aliphatic carbocycles. The fourth-order valence-corrected chi connectivity index (χ4v) is 3.37. The molecule has 3 aromatic rings. The van der Waals surface area contributed by atoms with Crippen molar-refractivity contribution in [3.05, 3.63) is 77.2 Å². The molecule has 2 heterocycles. The molecule has 1 saturated carbocycles. The van der Waals surface area contributed by atoms with Crippen LogP contribution < -0.4 is 10.6 Å². The van der Waals surface area contributed by atoms with Gasteiger partial charge < -0.3 is 10.6 Å². The SMILES string of the molecule is Cc1c(C(=O)NC(Cc2ccccc2)C(=O)NC2CC2)cnn1-c1ccc(C(F)(F)F)cn1. The second kappa shape index (κ2) is 9.05. The first-order valence-electron chi connectivity index (χ1n) is 10.5. The third-order valence-electron chi connectivity index (χ3n) is 5.37. The summed E-state index contributed by atoms with van der Waals surface area (Å²) in [5, 5.41) is 9.80. The third-order valence-corrected chi connectivity index (χ3v) is 5.37. The van der Waals surface area contributed by atoms with Gasteiger partial charge in [-0.05, 0) is 37.5 Å². The van der Waals surface area contributed by atoms with Gasteiger partial charge in [0.2, 0.25) is 5.91 Å². The lowest BCUT2D eigenvalue weighted by Crippen LogP contribution is -2.48. The van der Waals surface area contributed by atoms with E-state index in [4.69, 9.17) is 0 Å². The maximum absolute atomic E-state index is 13.0. The molecule has 0 saturated heterocycles. The highest BCUT2D eigenvalue weighted by Crippen LogP contribution is 2.29. The number of pyridine rings is 1. The predicted octanol–water partition coefficient (Wildman–Crippen LogP) is 3.21. The number of carbonyl (C=O) groups excluding carboxylic acids is 2. The van der Waals surface area contributed by atoms with Crippen molar-refractivity contribution in [2.45, 2.75) is 44.4 Å². The highest BCUT2D eigenvalue weighted by Gasteiger charge is 2.31. The van der Waals surface area contributed by atoms with Crippen LogP contribution in [0.3, 0.4) is 0 Å². The van der Waals surface area contributed by atoms with Crippen LogP contribution in [0.1, 0.15) is 40.0 Å². The first-order valence-corrected chi connectivity index (χ1v) is 10.5. The number of alkyl halides is 3. The molecule has 1 atom stereocenters. The van der Waals surface area contributed by atoms with E-state index in [1.54, 1.807) is 6.92 Å². The topological polar surface area (TPSA) is 88.9 Å². The van der Waals surface area contributed by atoms with Crippen LogP contribution in [0.5, 0.6) is 0 Å². The van der Waals surface area contributed by atoms with E-state index < -0.39 is 23.7 Å². The Morgan fingerprint density at radius 1 is 1.12 bits per heavy atom. The zero-order chi connectivity index (χ0) is 23.6. The highest BCUT2D eigenvalue weighted by molar-refractivity contribution is 5.98. The Labute approximate surface area is 188 Å². The van der Waals surface area contributed by atoms with E-state index in [2.05, 4.69) is 20.7 Å². The fourth-order valence-electron chi connectivity index (χ4n) is 3.37. The zero-order valence-electron chi connectivity index (χ0n) is 17.8. The number of halogens is 3. The van der Waals surface area contributed by atoms with Gasteiger partial charge in [-0.1, -0.05) is 30.3 Å². The molecule has 2 N–H and O–H groups in total. The molecule has 4 rings (SSSR count). The molecule has 33 heavy (non-hydrogen) atoms. The Bertz CT molecular complexity index is 1140. The Morgan fingerprint density at radius 3 is 2.45 bits per heavy atom. The van der Waals surface area contributed by atoms with E-state index in [1.807, 2.05) is 30.3 Å². The molecule has 1 unspecified atom stereocenters. The summed E-state index contributed by atoms with van der Waals surface area (Å²) < 4.78 is 39.7. The van der Waals surface area contributed by atoms with Gasteiger partial charge in [0.15, 0.2) is 5.82 Å². The molecule has 172 valence electrons. The van der Waals surface area contributed by atoms with Crippen molar-refractivity contribution in [2.75, 3.05) is 0 Å². The average molecular weight is 457 g/mol. The molecule has 0 radical (unpaired) electrons. The summed E-state index contributed by atoms with van der Waals surface area (Å²) in [7, 11) is 0. The summed E-state index contributed by atoms with van der Waals surface area (Å²) in [6.45, 7) is 1.61. The Hall–Kier alpha value is -3.69. The number of rotatable bonds is 7. The largest absolute Gasteiger partial charge is 0.417 e. The van der Waals surface area contributed by atoms with Crippen LogP contribution in [0.15, 0.2) is 54.9 Å². The van der Waals surface area contributed by atoms with Gasteiger partial charge >= 0.3 is 6.18 Å². The van der Waals surface area contributed by atoms with Crippen molar-refractivity contribution in [1.82, 2.24) is 25.4 Å². The van der Waals surface area contributed by atoms with Crippen molar-refractivity contribution in [3.8, 4) is 5.82 Å². The number of carbonyl (C=O) groups is 2. The predicted molar refractivity (Wildman–Crippen MR) is 114 cm³/mol. The van der Waals surface area contributed by atoms with E-state index in [0.29, 0.717) is 18.3 Å². The van der Waals surface area contributed by atoms with Crippen LogP contribution >= 0.6 is 0 Å². The maximum Gasteiger partial charge on any atom is 0.417 e. The number of nitrogens with one attached hydrogen (secondary N) is 2. The summed E-state index contributed by atoms with van der Waals surface area (Å²) >= 11 is 0. The number of benzene rings is 1. The molecule has 2 aromatic heterocycles. The van der Waals surface area contributed by atoms with Crippen molar-refractivity contribution in [2.24, 2.45) is 0 Å². The average Bonchev–Trinajstić information content (AvgIpc) is 3.52. The van der Waals surface area contributed by atoms with E-state index in [-0.39, 0.29) is 23.3 Å². The maximum atomic E-state index is 13.0. The molecule has 1 aliphatic rings. The van der Waals surface area contributed by atoms with E-state index >= 15 is 0 Å². The van der Waals surface area contributed by atoms with Gasteiger partial charge in [-0.25, -0.2) is 9.67 Å². The number of hydrogen-bond acceptors (Lipinski definition) is 4. The molecule has 1 fully saturated rings. The van der Waals surface area contributed by atoms with E-state index in [9.17, 15) is 22.8 Å². The van der Waals surface area contributed by atoms with Crippen LogP contribution in [-0.2, 0) is 17.4 Å². The third kappa shape index (κ3) is 5.39. The standard InChI is InChI=1S/C23H22F3N5O2/c1-14-18(13-28-31(14)20-10-7-16(12-27-20)23(24,25)26)21(32)30-19(22(33)29-17-8-9-17)11-15-5-3-2-4-6-15/h2-7,10,12-13,17,19H,8-9,11H2,1H3,(H,29,33)(H,30,32). The number of nitrogens with zero attached hydrogens (tertiary/aromatic N) is 3. The summed E-state index contributed by atoms with van der Waals surface area (Å²) in [5.41, 5.74) is 0.615. The van der Waals surface area contributed by atoms with Gasteiger partial charge in [0.1, 0.15) is 6.04 Å². The number of aromatic nitrogens is 3. The van der Waals surface area contributed by atoms with E-state index in [0.717, 1.165) is 24.5 Å². The zero-order valence-corrected chi connectivity index (χ0v) is 17.8. The van der Waals surface area contributed by atoms with Gasteiger partial charge in [0, 0.05) is 18.7 Å². The second-order valence-electron chi connectivity index (χ2n) is 7.96. The second-order valence-corrected chi connectivity index (χ2v) is 7.96. The quantitative estimate of drug-likeness (QED) is 0.570. The minimum absolute atomic E-state index is 0.142. The molecule has 1 aromatic carbocycles. The minimum Gasteiger partial charge on any atom is -0.352 e.